The van der Waals surface area contributed by atoms with Gasteiger partial charge < -0.3 is 10.1 Å². The van der Waals surface area contributed by atoms with Crippen molar-refractivity contribution in [3.63, 3.8) is 0 Å². The third kappa shape index (κ3) is 4.97. The Bertz CT molecular complexity index is 217. The molecule has 0 amide bonds. The van der Waals surface area contributed by atoms with Crippen molar-refractivity contribution < 1.29 is 4.74 Å². The van der Waals surface area contributed by atoms with Crippen molar-refractivity contribution in [3.8, 4) is 0 Å². The molecule has 0 aliphatic heterocycles. The first-order chi connectivity index (χ1) is 7.97. The number of nitrogens with one attached hydrogen (secondary N) is 1. The number of hydrogen-bond donors (Lipinski definition) is 1. The Kier molecular flexibility index (Phi) is 5.94. The van der Waals surface area contributed by atoms with Gasteiger partial charge in [0.15, 0.2) is 0 Å². The van der Waals surface area contributed by atoms with E-state index in [9.17, 15) is 0 Å². The van der Waals surface area contributed by atoms with E-state index in [0.29, 0.717) is 12.1 Å². The zero-order chi connectivity index (χ0) is 12.9. The van der Waals surface area contributed by atoms with Gasteiger partial charge in [0, 0.05) is 12.6 Å². The summed E-state index contributed by atoms with van der Waals surface area (Å²) in [6.45, 7) is 12.2. The molecule has 0 saturated heterocycles. The molecule has 3 unspecified atom stereocenters. The highest BCUT2D eigenvalue weighted by Gasteiger charge is 2.36. The van der Waals surface area contributed by atoms with Crippen LogP contribution < -0.4 is 5.32 Å². The zero-order valence-electron chi connectivity index (χ0n) is 12.4. The summed E-state index contributed by atoms with van der Waals surface area (Å²) in [6.07, 6.45) is 6.62. The van der Waals surface area contributed by atoms with Crippen molar-refractivity contribution in [2.75, 3.05) is 6.54 Å². The Morgan fingerprint density at radius 3 is 2.59 bits per heavy atom. The fraction of sp³-hybridized carbons (Fsp3) is 1.00. The standard InChI is InChI=1S/C15H31NO/c1-6-14(5)17-15(11-16-12(2)3)9-7-8-13(4)10-15/h12-14,16H,6-11H2,1-5H3. The van der Waals surface area contributed by atoms with Crippen molar-refractivity contribution >= 4 is 0 Å². The van der Waals surface area contributed by atoms with Crippen LogP contribution in [0.1, 0.15) is 66.7 Å². The second kappa shape index (κ2) is 6.75. The summed E-state index contributed by atoms with van der Waals surface area (Å²) < 4.78 is 6.39. The summed E-state index contributed by atoms with van der Waals surface area (Å²) in [5, 5.41) is 3.58. The summed E-state index contributed by atoms with van der Waals surface area (Å²) in [5.74, 6) is 0.807. The normalized spacial score (nSPS) is 31.8. The third-order valence-electron chi connectivity index (χ3n) is 3.91. The first-order valence-electron chi connectivity index (χ1n) is 7.38. The Labute approximate surface area is 108 Å². The van der Waals surface area contributed by atoms with Gasteiger partial charge in [-0.15, -0.1) is 0 Å². The molecule has 0 spiro atoms. The van der Waals surface area contributed by atoms with E-state index in [1.807, 2.05) is 0 Å². The SMILES string of the molecule is CCC(C)OC1(CNC(C)C)CCCC(C)C1. The van der Waals surface area contributed by atoms with Crippen LogP contribution >= 0.6 is 0 Å². The largest absolute Gasteiger partial charge is 0.371 e. The van der Waals surface area contributed by atoms with Gasteiger partial charge in [0.05, 0.1) is 11.7 Å². The highest BCUT2D eigenvalue weighted by atomic mass is 16.5. The van der Waals surface area contributed by atoms with E-state index in [-0.39, 0.29) is 5.60 Å². The highest BCUT2D eigenvalue weighted by molar-refractivity contribution is 4.90. The molecular weight excluding hydrogens is 210 g/mol. The van der Waals surface area contributed by atoms with Crippen LogP contribution in [0, 0.1) is 5.92 Å². The molecule has 2 heteroatoms. The molecule has 1 aliphatic carbocycles. The number of ether oxygens (including phenoxy) is 1. The summed E-state index contributed by atoms with van der Waals surface area (Å²) >= 11 is 0. The molecule has 1 fully saturated rings. The quantitative estimate of drug-likeness (QED) is 0.764. The molecule has 102 valence electrons. The summed E-state index contributed by atoms with van der Waals surface area (Å²) in [7, 11) is 0. The first-order valence-corrected chi connectivity index (χ1v) is 7.38. The van der Waals surface area contributed by atoms with Crippen molar-refractivity contribution in [1.29, 1.82) is 0 Å². The van der Waals surface area contributed by atoms with Gasteiger partial charge in [-0.1, -0.05) is 40.5 Å². The fourth-order valence-corrected chi connectivity index (χ4v) is 2.82. The van der Waals surface area contributed by atoms with Gasteiger partial charge in [0.2, 0.25) is 0 Å². The molecule has 0 heterocycles. The van der Waals surface area contributed by atoms with Crippen LogP contribution in [0.25, 0.3) is 0 Å². The predicted octanol–water partition coefficient (Wildman–Crippen LogP) is 3.75. The molecule has 1 aliphatic rings. The highest BCUT2D eigenvalue weighted by Crippen LogP contribution is 2.36. The lowest BCUT2D eigenvalue weighted by Crippen LogP contribution is -2.49. The van der Waals surface area contributed by atoms with E-state index in [0.717, 1.165) is 18.9 Å². The van der Waals surface area contributed by atoms with E-state index in [4.69, 9.17) is 4.74 Å². The first kappa shape index (κ1) is 15.0. The molecule has 1 saturated carbocycles. The van der Waals surface area contributed by atoms with E-state index >= 15 is 0 Å². The maximum atomic E-state index is 6.39. The summed E-state index contributed by atoms with van der Waals surface area (Å²) in [6, 6.07) is 0.546. The van der Waals surface area contributed by atoms with Crippen LogP contribution in [0.2, 0.25) is 0 Å². The van der Waals surface area contributed by atoms with Gasteiger partial charge >= 0.3 is 0 Å². The maximum Gasteiger partial charge on any atom is 0.0812 e. The minimum absolute atomic E-state index is 0.0946. The summed E-state index contributed by atoms with van der Waals surface area (Å²) in [5.41, 5.74) is 0.0946. The van der Waals surface area contributed by atoms with Crippen LogP contribution in [-0.2, 0) is 4.74 Å². The third-order valence-corrected chi connectivity index (χ3v) is 3.91. The lowest BCUT2D eigenvalue weighted by Gasteiger charge is -2.42. The Hall–Kier alpha value is -0.0800. The van der Waals surface area contributed by atoms with Gasteiger partial charge in [0.25, 0.3) is 0 Å². The van der Waals surface area contributed by atoms with Gasteiger partial charge in [-0.05, 0) is 32.1 Å². The van der Waals surface area contributed by atoms with Gasteiger partial charge in [-0.2, -0.15) is 0 Å². The molecule has 0 bridgehead atoms. The van der Waals surface area contributed by atoms with Crippen molar-refractivity contribution in [2.24, 2.45) is 5.92 Å². The lowest BCUT2D eigenvalue weighted by atomic mass is 9.78. The minimum Gasteiger partial charge on any atom is -0.371 e. The average Bonchev–Trinajstić information content (AvgIpc) is 2.26. The molecule has 0 radical (unpaired) electrons. The van der Waals surface area contributed by atoms with E-state index < -0.39 is 0 Å². The monoisotopic (exact) mass is 241 g/mol. The second-order valence-electron chi connectivity index (χ2n) is 6.26. The van der Waals surface area contributed by atoms with E-state index in [1.165, 1.54) is 25.7 Å². The molecule has 1 N–H and O–H groups in total. The molecule has 3 atom stereocenters. The zero-order valence-corrected chi connectivity index (χ0v) is 12.4. The Morgan fingerprint density at radius 2 is 2.06 bits per heavy atom. The lowest BCUT2D eigenvalue weighted by molar-refractivity contribution is -0.116. The van der Waals surface area contributed by atoms with Crippen molar-refractivity contribution in [3.05, 3.63) is 0 Å². The van der Waals surface area contributed by atoms with Crippen LogP contribution in [-0.4, -0.2) is 24.3 Å². The van der Waals surface area contributed by atoms with E-state index in [1.54, 1.807) is 0 Å². The molecule has 2 nitrogen and oxygen atoms in total. The van der Waals surface area contributed by atoms with Gasteiger partial charge in [-0.25, -0.2) is 0 Å². The predicted molar refractivity (Wildman–Crippen MR) is 74.3 cm³/mol. The Morgan fingerprint density at radius 1 is 1.35 bits per heavy atom. The van der Waals surface area contributed by atoms with Crippen LogP contribution in [0.5, 0.6) is 0 Å². The average molecular weight is 241 g/mol. The second-order valence-corrected chi connectivity index (χ2v) is 6.26. The topological polar surface area (TPSA) is 21.3 Å². The van der Waals surface area contributed by atoms with Gasteiger partial charge in [0.1, 0.15) is 0 Å². The minimum atomic E-state index is 0.0946. The fourth-order valence-electron chi connectivity index (χ4n) is 2.82. The molecule has 0 aromatic heterocycles. The Balaban J connectivity index is 2.61. The molecular formula is C15H31NO. The van der Waals surface area contributed by atoms with Crippen molar-refractivity contribution in [1.82, 2.24) is 5.32 Å². The molecule has 0 aromatic rings. The molecule has 17 heavy (non-hydrogen) atoms. The molecule has 0 aromatic carbocycles. The van der Waals surface area contributed by atoms with Crippen LogP contribution in [0.4, 0.5) is 0 Å². The van der Waals surface area contributed by atoms with Crippen molar-refractivity contribution in [2.45, 2.75) is 84.5 Å². The van der Waals surface area contributed by atoms with E-state index in [2.05, 4.69) is 39.9 Å². The molecule has 1 rings (SSSR count). The van der Waals surface area contributed by atoms with Crippen LogP contribution in [0.3, 0.4) is 0 Å². The number of hydrogen-bond acceptors (Lipinski definition) is 2. The van der Waals surface area contributed by atoms with Gasteiger partial charge in [-0.3, -0.25) is 0 Å². The maximum absolute atomic E-state index is 6.39. The smallest absolute Gasteiger partial charge is 0.0812 e. The van der Waals surface area contributed by atoms with Crippen LogP contribution in [0.15, 0.2) is 0 Å². The summed E-state index contributed by atoms with van der Waals surface area (Å²) in [4.78, 5) is 0. The number of rotatable bonds is 6.